The molecule has 3 aromatic rings. The number of nitrogens with zero attached hydrogens (tertiary/aromatic N) is 2. The lowest BCUT2D eigenvalue weighted by atomic mass is 10.1. The van der Waals surface area contributed by atoms with Gasteiger partial charge in [-0.3, -0.25) is 4.68 Å². The molecular weight excluding hydrogens is 324 g/mol. The van der Waals surface area contributed by atoms with Crippen molar-refractivity contribution in [2.75, 3.05) is 0 Å². The average molecular weight is 337 g/mol. The second kappa shape index (κ2) is 5.07. The summed E-state index contributed by atoms with van der Waals surface area (Å²) in [4.78, 5) is 1.14. The summed E-state index contributed by atoms with van der Waals surface area (Å²) in [6, 6.07) is 9.98. The van der Waals surface area contributed by atoms with E-state index in [0.29, 0.717) is 6.42 Å². The summed E-state index contributed by atoms with van der Waals surface area (Å²) in [5.74, 6) is 0. The standard InChI is InChI=1S/C14H13BrN2OS/c1-17-11-5-3-2-4-9(11)14(16-17)12(18)8-13-10(15)6-7-19-13/h2-7,12,18H,8H2,1H3. The highest BCUT2D eigenvalue weighted by molar-refractivity contribution is 9.10. The maximum absolute atomic E-state index is 10.4. The molecule has 1 unspecified atom stereocenters. The van der Waals surface area contributed by atoms with Crippen LogP contribution in [0.5, 0.6) is 0 Å². The molecule has 0 saturated carbocycles. The van der Waals surface area contributed by atoms with E-state index in [4.69, 9.17) is 0 Å². The van der Waals surface area contributed by atoms with Gasteiger partial charge < -0.3 is 5.11 Å². The van der Waals surface area contributed by atoms with Crippen LogP contribution in [0.15, 0.2) is 40.2 Å². The zero-order chi connectivity index (χ0) is 13.4. The van der Waals surface area contributed by atoms with Gasteiger partial charge in [0.1, 0.15) is 6.10 Å². The van der Waals surface area contributed by atoms with Gasteiger partial charge in [0.25, 0.3) is 0 Å². The van der Waals surface area contributed by atoms with Crippen LogP contribution >= 0.6 is 27.3 Å². The Morgan fingerprint density at radius 2 is 2.16 bits per heavy atom. The quantitative estimate of drug-likeness (QED) is 0.792. The number of aromatic nitrogens is 2. The molecule has 0 bridgehead atoms. The molecule has 3 nitrogen and oxygen atoms in total. The van der Waals surface area contributed by atoms with Gasteiger partial charge in [0.05, 0.1) is 11.2 Å². The number of aryl methyl sites for hydroxylation is 1. The second-order valence-corrected chi connectivity index (χ2v) is 6.29. The lowest BCUT2D eigenvalue weighted by Gasteiger charge is -2.07. The van der Waals surface area contributed by atoms with E-state index in [-0.39, 0.29) is 0 Å². The second-order valence-electron chi connectivity index (χ2n) is 4.44. The Hall–Kier alpha value is -1.17. The van der Waals surface area contributed by atoms with Crippen LogP contribution < -0.4 is 0 Å². The summed E-state index contributed by atoms with van der Waals surface area (Å²) in [6.45, 7) is 0. The van der Waals surface area contributed by atoms with Crippen LogP contribution in [0.4, 0.5) is 0 Å². The highest BCUT2D eigenvalue weighted by Gasteiger charge is 2.18. The number of thiophene rings is 1. The van der Waals surface area contributed by atoms with Crippen LogP contribution in [0.2, 0.25) is 0 Å². The fourth-order valence-corrected chi connectivity index (χ4v) is 3.78. The van der Waals surface area contributed by atoms with Gasteiger partial charge in [-0.05, 0) is 33.4 Å². The minimum Gasteiger partial charge on any atom is -0.386 e. The number of hydrogen-bond acceptors (Lipinski definition) is 3. The molecular formula is C14H13BrN2OS. The van der Waals surface area contributed by atoms with E-state index in [2.05, 4.69) is 21.0 Å². The molecule has 98 valence electrons. The zero-order valence-electron chi connectivity index (χ0n) is 10.4. The Balaban J connectivity index is 1.98. The predicted molar refractivity (Wildman–Crippen MR) is 81.4 cm³/mol. The summed E-state index contributed by atoms with van der Waals surface area (Å²) >= 11 is 5.14. The highest BCUT2D eigenvalue weighted by atomic mass is 79.9. The maximum atomic E-state index is 10.4. The van der Waals surface area contributed by atoms with Crippen LogP contribution in [0, 0.1) is 0 Å². The smallest absolute Gasteiger partial charge is 0.103 e. The maximum Gasteiger partial charge on any atom is 0.103 e. The SMILES string of the molecule is Cn1nc(C(O)Cc2sccc2Br)c2ccccc21. The van der Waals surface area contributed by atoms with Crippen molar-refractivity contribution in [2.24, 2.45) is 7.05 Å². The number of para-hydroxylation sites is 1. The molecule has 1 N–H and O–H groups in total. The van der Waals surface area contributed by atoms with E-state index >= 15 is 0 Å². The van der Waals surface area contributed by atoms with Gasteiger partial charge in [0.15, 0.2) is 0 Å². The number of benzene rings is 1. The van der Waals surface area contributed by atoms with Crippen molar-refractivity contribution in [3.05, 3.63) is 50.8 Å². The van der Waals surface area contributed by atoms with Crippen molar-refractivity contribution < 1.29 is 5.11 Å². The lowest BCUT2D eigenvalue weighted by Crippen LogP contribution is -2.03. The molecule has 2 heterocycles. The van der Waals surface area contributed by atoms with E-state index < -0.39 is 6.10 Å². The molecule has 1 atom stereocenters. The molecule has 0 fully saturated rings. The number of halogens is 1. The highest BCUT2D eigenvalue weighted by Crippen LogP contribution is 2.30. The molecule has 0 radical (unpaired) electrons. The fourth-order valence-electron chi connectivity index (χ4n) is 2.23. The van der Waals surface area contributed by atoms with E-state index in [9.17, 15) is 5.11 Å². The Bertz CT molecular complexity index is 719. The molecule has 0 aliphatic carbocycles. The van der Waals surface area contributed by atoms with Gasteiger partial charge in [-0.25, -0.2) is 0 Å². The van der Waals surface area contributed by atoms with Crippen LogP contribution in [0.3, 0.4) is 0 Å². The minimum absolute atomic E-state index is 0.582. The molecule has 0 spiro atoms. The van der Waals surface area contributed by atoms with Crippen molar-refractivity contribution in [3.8, 4) is 0 Å². The van der Waals surface area contributed by atoms with Crippen LogP contribution in [0.1, 0.15) is 16.7 Å². The average Bonchev–Trinajstić information content (AvgIpc) is 2.95. The fraction of sp³-hybridized carbons (Fsp3) is 0.214. The monoisotopic (exact) mass is 336 g/mol. The van der Waals surface area contributed by atoms with Crippen molar-refractivity contribution in [1.29, 1.82) is 0 Å². The number of aliphatic hydroxyl groups excluding tert-OH is 1. The van der Waals surface area contributed by atoms with Gasteiger partial charge in [-0.2, -0.15) is 5.10 Å². The van der Waals surface area contributed by atoms with E-state index in [1.54, 1.807) is 11.3 Å². The Kier molecular flexibility index (Phi) is 3.43. The van der Waals surface area contributed by atoms with Gasteiger partial charge in [-0.15, -0.1) is 11.3 Å². The van der Waals surface area contributed by atoms with Crippen LogP contribution in [-0.2, 0) is 13.5 Å². The van der Waals surface area contributed by atoms with Crippen molar-refractivity contribution >= 4 is 38.2 Å². The van der Waals surface area contributed by atoms with Gasteiger partial charge >= 0.3 is 0 Å². The van der Waals surface area contributed by atoms with E-state index in [0.717, 1.165) is 25.9 Å². The first kappa shape index (κ1) is 12.8. The predicted octanol–water partition coefficient (Wildman–Crippen LogP) is 3.67. The summed E-state index contributed by atoms with van der Waals surface area (Å²) in [6.07, 6.45) is 0.000236. The number of rotatable bonds is 3. The third-order valence-corrected chi connectivity index (χ3v) is 5.12. The van der Waals surface area contributed by atoms with Crippen LogP contribution in [-0.4, -0.2) is 14.9 Å². The van der Waals surface area contributed by atoms with E-state index in [1.807, 2.05) is 47.4 Å². The van der Waals surface area contributed by atoms with Crippen molar-refractivity contribution in [1.82, 2.24) is 9.78 Å². The first-order valence-corrected chi connectivity index (χ1v) is 7.65. The number of hydrogen-bond donors (Lipinski definition) is 1. The zero-order valence-corrected chi connectivity index (χ0v) is 12.8. The third-order valence-electron chi connectivity index (χ3n) is 3.17. The van der Waals surface area contributed by atoms with Crippen molar-refractivity contribution in [3.63, 3.8) is 0 Å². The molecule has 0 aliphatic heterocycles. The summed E-state index contributed by atoms with van der Waals surface area (Å²) in [7, 11) is 1.90. The molecule has 2 aromatic heterocycles. The van der Waals surface area contributed by atoms with Gasteiger partial charge in [-0.1, -0.05) is 18.2 Å². The number of fused-ring (bicyclic) bond motifs is 1. The Morgan fingerprint density at radius 3 is 2.89 bits per heavy atom. The first-order chi connectivity index (χ1) is 9.16. The first-order valence-electron chi connectivity index (χ1n) is 5.98. The minimum atomic E-state index is -0.582. The topological polar surface area (TPSA) is 38.0 Å². The normalized spacial score (nSPS) is 13.0. The molecule has 1 aromatic carbocycles. The third kappa shape index (κ3) is 2.33. The van der Waals surface area contributed by atoms with Gasteiger partial charge in [0, 0.05) is 28.2 Å². The molecule has 5 heteroatoms. The molecule has 19 heavy (non-hydrogen) atoms. The Morgan fingerprint density at radius 1 is 1.37 bits per heavy atom. The molecule has 0 aliphatic rings. The number of aliphatic hydroxyl groups is 1. The molecule has 3 rings (SSSR count). The summed E-state index contributed by atoms with van der Waals surface area (Å²) in [5, 5.41) is 17.9. The lowest BCUT2D eigenvalue weighted by molar-refractivity contribution is 0.175. The Labute approximate surface area is 123 Å². The molecule has 0 amide bonds. The largest absolute Gasteiger partial charge is 0.386 e. The summed E-state index contributed by atoms with van der Waals surface area (Å²) < 4.78 is 2.87. The van der Waals surface area contributed by atoms with Gasteiger partial charge in [0.2, 0.25) is 0 Å². The van der Waals surface area contributed by atoms with Crippen molar-refractivity contribution in [2.45, 2.75) is 12.5 Å². The van der Waals surface area contributed by atoms with Crippen LogP contribution in [0.25, 0.3) is 10.9 Å². The summed E-state index contributed by atoms with van der Waals surface area (Å²) in [5.41, 5.74) is 1.79. The van der Waals surface area contributed by atoms with E-state index in [1.165, 1.54) is 0 Å². The molecule has 0 saturated heterocycles.